The minimum atomic E-state index is 0.839. The van der Waals surface area contributed by atoms with Crippen LogP contribution in [0.1, 0.15) is 45.4 Å². The molecule has 0 aliphatic heterocycles. The summed E-state index contributed by atoms with van der Waals surface area (Å²) in [4.78, 5) is 0. The van der Waals surface area contributed by atoms with Crippen LogP contribution < -0.4 is 0 Å². The van der Waals surface area contributed by atoms with Crippen molar-refractivity contribution in [2.75, 3.05) is 0 Å². The van der Waals surface area contributed by atoms with E-state index < -0.39 is 0 Å². The molecule has 2 aliphatic carbocycles. The summed E-state index contributed by atoms with van der Waals surface area (Å²) in [7, 11) is 0. The lowest BCUT2D eigenvalue weighted by atomic mass is 9.99. The van der Waals surface area contributed by atoms with E-state index in [0.717, 1.165) is 11.8 Å². The first-order valence-electron chi connectivity index (χ1n) is 5.77. The van der Waals surface area contributed by atoms with E-state index in [2.05, 4.69) is 25.2 Å². The average Bonchev–Trinajstić information content (AvgIpc) is 2.73. The summed E-state index contributed by atoms with van der Waals surface area (Å²) in [5.41, 5.74) is 1.74. The average molecular weight is 176 g/mol. The SMILES string of the molecule is CCCCC/C=C1\CC2C=CC1C2. The lowest BCUT2D eigenvalue weighted by Crippen LogP contribution is -1.91. The van der Waals surface area contributed by atoms with Crippen molar-refractivity contribution in [3.8, 4) is 0 Å². The van der Waals surface area contributed by atoms with Crippen LogP contribution in [0.5, 0.6) is 0 Å². The van der Waals surface area contributed by atoms with Crippen LogP contribution >= 0.6 is 0 Å². The van der Waals surface area contributed by atoms with E-state index in [1.54, 1.807) is 5.57 Å². The molecule has 0 radical (unpaired) electrons. The van der Waals surface area contributed by atoms with Crippen molar-refractivity contribution in [3.05, 3.63) is 23.8 Å². The fourth-order valence-corrected chi connectivity index (χ4v) is 2.57. The Morgan fingerprint density at radius 3 is 2.92 bits per heavy atom. The van der Waals surface area contributed by atoms with E-state index >= 15 is 0 Å². The van der Waals surface area contributed by atoms with Crippen molar-refractivity contribution in [2.45, 2.75) is 45.4 Å². The summed E-state index contributed by atoms with van der Waals surface area (Å²) in [5, 5.41) is 0. The summed E-state index contributed by atoms with van der Waals surface area (Å²) < 4.78 is 0. The number of rotatable bonds is 4. The molecule has 0 aromatic heterocycles. The van der Waals surface area contributed by atoms with Crippen LogP contribution in [0.2, 0.25) is 0 Å². The molecular weight excluding hydrogens is 156 g/mol. The van der Waals surface area contributed by atoms with Gasteiger partial charge < -0.3 is 0 Å². The lowest BCUT2D eigenvalue weighted by molar-refractivity contribution is 0.693. The molecule has 0 amide bonds. The molecule has 13 heavy (non-hydrogen) atoms. The highest BCUT2D eigenvalue weighted by Gasteiger charge is 2.29. The predicted molar refractivity (Wildman–Crippen MR) is 57.6 cm³/mol. The topological polar surface area (TPSA) is 0 Å². The highest BCUT2D eigenvalue weighted by molar-refractivity contribution is 5.26. The van der Waals surface area contributed by atoms with Gasteiger partial charge in [0.2, 0.25) is 0 Å². The fraction of sp³-hybridized carbons (Fsp3) is 0.692. The van der Waals surface area contributed by atoms with Crippen LogP contribution in [-0.4, -0.2) is 0 Å². The van der Waals surface area contributed by atoms with Gasteiger partial charge in [0.05, 0.1) is 0 Å². The highest BCUT2D eigenvalue weighted by atomic mass is 14.3. The fourth-order valence-electron chi connectivity index (χ4n) is 2.57. The molecule has 2 atom stereocenters. The summed E-state index contributed by atoms with van der Waals surface area (Å²) in [6, 6.07) is 0. The first-order chi connectivity index (χ1) is 6.40. The smallest absolute Gasteiger partial charge is 0.00173 e. The van der Waals surface area contributed by atoms with Crippen LogP contribution in [0, 0.1) is 11.8 Å². The van der Waals surface area contributed by atoms with Gasteiger partial charge in [0.25, 0.3) is 0 Å². The van der Waals surface area contributed by atoms with Crippen molar-refractivity contribution in [3.63, 3.8) is 0 Å². The van der Waals surface area contributed by atoms with Gasteiger partial charge in [-0.05, 0) is 37.5 Å². The molecule has 0 heteroatoms. The summed E-state index contributed by atoms with van der Waals surface area (Å²) in [5.74, 6) is 1.74. The van der Waals surface area contributed by atoms with E-state index in [4.69, 9.17) is 0 Å². The molecule has 1 fully saturated rings. The first kappa shape index (κ1) is 9.05. The molecule has 0 aromatic carbocycles. The molecular formula is C13H20. The van der Waals surface area contributed by atoms with E-state index in [1.165, 1.54) is 38.5 Å². The van der Waals surface area contributed by atoms with Gasteiger partial charge >= 0.3 is 0 Å². The second kappa shape index (κ2) is 4.13. The largest absolute Gasteiger partial charge is 0.0847 e. The van der Waals surface area contributed by atoms with E-state index in [-0.39, 0.29) is 0 Å². The molecule has 0 nitrogen and oxygen atoms in total. The van der Waals surface area contributed by atoms with Gasteiger partial charge in [-0.1, -0.05) is 43.6 Å². The molecule has 72 valence electrons. The van der Waals surface area contributed by atoms with Gasteiger partial charge in [-0.2, -0.15) is 0 Å². The first-order valence-corrected chi connectivity index (χ1v) is 5.77. The second-order valence-corrected chi connectivity index (χ2v) is 4.47. The van der Waals surface area contributed by atoms with Crippen LogP contribution in [0.15, 0.2) is 23.8 Å². The third kappa shape index (κ3) is 2.04. The number of hydrogen-bond acceptors (Lipinski definition) is 0. The molecule has 0 aromatic rings. The highest BCUT2D eigenvalue weighted by Crippen LogP contribution is 2.43. The summed E-state index contributed by atoms with van der Waals surface area (Å²) in [6.07, 6.45) is 15.6. The standard InChI is InChI=1S/C13H20/c1-2-3-4-5-6-12-9-11-7-8-13(12)10-11/h6-8,11,13H,2-5,9-10H2,1H3/b12-6+. The lowest BCUT2D eigenvalue weighted by Gasteiger charge is -2.07. The van der Waals surface area contributed by atoms with Crippen LogP contribution in [0.3, 0.4) is 0 Å². The van der Waals surface area contributed by atoms with E-state index in [0.29, 0.717) is 0 Å². The minimum absolute atomic E-state index is 0.839. The maximum atomic E-state index is 2.52. The van der Waals surface area contributed by atoms with E-state index in [1.807, 2.05) is 0 Å². The molecule has 2 aliphatic rings. The monoisotopic (exact) mass is 176 g/mol. The van der Waals surface area contributed by atoms with Crippen LogP contribution in [0.25, 0.3) is 0 Å². The quantitative estimate of drug-likeness (QED) is 0.447. The Kier molecular flexibility index (Phi) is 2.87. The number of hydrogen-bond donors (Lipinski definition) is 0. The van der Waals surface area contributed by atoms with Gasteiger partial charge in [-0.3, -0.25) is 0 Å². The normalized spacial score (nSPS) is 33.5. The van der Waals surface area contributed by atoms with Crippen molar-refractivity contribution in [2.24, 2.45) is 11.8 Å². The molecule has 2 rings (SSSR count). The second-order valence-electron chi connectivity index (χ2n) is 4.47. The van der Waals surface area contributed by atoms with Gasteiger partial charge in [-0.15, -0.1) is 0 Å². The summed E-state index contributed by atoms with van der Waals surface area (Å²) >= 11 is 0. The molecule has 0 spiro atoms. The van der Waals surface area contributed by atoms with Crippen molar-refractivity contribution in [1.82, 2.24) is 0 Å². The summed E-state index contributed by atoms with van der Waals surface area (Å²) in [6.45, 7) is 2.27. The number of unbranched alkanes of at least 4 members (excludes halogenated alkanes) is 3. The van der Waals surface area contributed by atoms with E-state index in [9.17, 15) is 0 Å². The Morgan fingerprint density at radius 2 is 2.31 bits per heavy atom. The molecule has 2 unspecified atom stereocenters. The maximum absolute atomic E-state index is 2.52. The van der Waals surface area contributed by atoms with Crippen LogP contribution in [0.4, 0.5) is 0 Å². The number of allylic oxidation sites excluding steroid dienone is 4. The Labute approximate surface area is 81.7 Å². The molecule has 0 N–H and O–H groups in total. The zero-order chi connectivity index (χ0) is 9.10. The minimum Gasteiger partial charge on any atom is -0.0847 e. The van der Waals surface area contributed by atoms with Crippen molar-refractivity contribution >= 4 is 0 Å². The number of fused-ring (bicyclic) bond motifs is 2. The van der Waals surface area contributed by atoms with Crippen LogP contribution in [-0.2, 0) is 0 Å². The van der Waals surface area contributed by atoms with Gasteiger partial charge in [-0.25, -0.2) is 0 Å². The predicted octanol–water partition coefficient (Wildman–Crippen LogP) is 4.09. The molecule has 0 heterocycles. The van der Waals surface area contributed by atoms with Gasteiger partial charge in [0.15, 0.2) is 0 Å². The molecule has 2 bridgehead atoms. The zero-order valence-corrected chi connectivity index (χ0v) is 8.63. The molecule has 1 saturated carbocycles. The Bertz CT molecular complexity index is 222. The third-order valence-electron chi connectivity index (χ3n) is 3.36. The maximum Gasteiger partial charge on any atom is -0.00173 e. The van der Waals surface area contributed by atoms with Crippen molar-refractivity contribution < 1.29 is 0 Å². The van der Waals surface area contributed by atoms with Crippen molar-refractivity contribution in [1.29, 1.82) is 0 Å². The Hall–Kier alpha value is -0.520. The Balaban J connectivity index is 1.78. The zero-order valence-electron chi connectivity index (χ0n) is 8.63. The van der Waals surface area contributed by atoms with Gasteiger partial charge in [0.1, 0.15) is 0 Å². The third-order valence-corrected chi connectivity index (χ3v) is 3.36. The molecule has 0 saturated heterocycles. The van der Waals surface area contributed by atoms with Gasteiger partial charge in [0, 0.05) is 0 Å². The Morgan fingerprint density at radius 1 is 1.38 bits per heavy atom.